The maximum atomic E-state index is 5.26. The lowest BCUT2D eigenvalue weighted by atomic mass is 9.99. The Bertz CT molecular complexity index is 3020. The van der Waals surface area contributed by atoms with Crippen LogP contribution in [0.2, 0.25) is 0 Å². The van der Waals surface area contributed by atoms with Gasteiger partial charge in [0.1, 0.15) is 0 Å². The average Bonchev–Trinajstić information content (AvgIpc) is 3.58. The largest absolute Gasteiger partial charge is 0.265 e. The summed E-state index contributed by atoms with van der Waals surface area (Å²) in [7, 11) is 0. The van der Waals surface area contributed by atoms with Gasteiger partial charge in [0.15, 0.2) is 5.82 Å². The molecule has 0 radical (unpaired) electrons. The van der Waals surface area contributed by atoms with Crippen molar-refractivity contribution in [2.45, 2.75) is 0 Å². The van der Waals surface area contributed by atoms with E-state index in [4.69, 9.17) is 19.9 Å². The maximum absolute atomic E-state index is 5.26. The van der Waals surface area contributed by atoms with Gasteiger partial charge >= 0.3 is 0 Å². The van der Waals surface area contributed by atoms with Crippen molar-refractivity contribution < 1.29 is 0 Å². The molecule has 0 saturated carbocycles. The van der Waals surface area contributed by atoms with E-state index in [2.05, 4.69) is 125 Å². The highest BCUT2D eigenvalue weighted by molar-refractivity contribution is 6.15. The van der Waals surface area contributed by atoms with Crippen LogP contribution in [0.1, 0.15) is 0 Å². The van der Waals surface area contributed by atoms with E-state index in [0.717, 1.165) is 72.4 Å². The summed E-state index contributed by atoms with van der Waals surface area (Å²) in [5, 5.41) is 4.70. The van der Waals surface area contributed by atoms with Gasteiger partial charge in [-0.15, -0.1) is 0 Å². The van der Waals surface area contributed by atoms with Gasteiger partial charge in [-0.2, -0.15) is 0 Å². The molecule has 0 saturated heterocycles. The van der Waals surface area contributed by atoms with E-state index in [1.54, 1.807) is 18.6 Å². The molecule has 0 unspecified atom stereocenters. The Kier molecular flexibility index (Phi) is 6.75. The number of pyridine rings is 4. The van der Waals surface area contributed by atoms with Crippen LogP contribution >= 0.6 is 0 Å². The second kappa shape index (κ2) is 12.1. The van der Waals surface area contributed by atoms with E-state index < -0.39 is 0 Å². The molecule has 6 nitrogen and oxygen atoms in total. The summed E-state index contributed by atoms with van der Waals surface area (Å²) in [4.78, 5) is 28.9. The van der Waals surface area contributed by atoms with Gasteiger partial charge < -0.3 is 0 Å². The minimum atomic E-state index is 0.635. The minimum absolute atomic E-state index is 0.635. The molecule has 5 aromatic carbocycles. The van der Waals surface area contributed by atoms with Gasteiger partial charge in [0.2, 0.25) is 0 Å². The van der Waals surface area contributed by atoms with E-state index in [0.29, 0.717) is 5.82 Å². The van der Waals surface area contributed by atoms with Crippen LogP contribution in [0.3, 0.4) is 0 Å². The third-order valence-corrected chi connectivity index (χ3v) is 10.4. The predicted octanol–water partition coefficient (Wildman–Crippen LogP) is 11.5. The van der Waals surface area contributed by atoms with Gasteiger partial charge in [-0.05, 0) is 81.6 Å². The first-order chi connectivity index (χ1) is 26.7. The minimum Gasteiger partial charge on any atom is -0.265 e. The average molecular weight is 689 g/mol. The number of fused-ring (bicyclic) bond motifs is 6. The Morgan fingerprint density at radius 1 is 0.315 bits per heavy atom. The van der Waals surface area contributed by atoms with Gasteiger partial charge in [-0.1, -0.05) is 97.1 Å². The molecule has 6 heteroatoms. The first kappa shape index (κ1) is 30.2. The molecule has 10 aromatic rings. The molecule has 5 heterocycles. The number of rotatable bonds is 5. The van der Waals surface area contributed by atoms with Crippen molar-refractivity contribution in [1.29, 1.82) is 0 Å². The zero-order valence-corrected chi connectivity index (χ0v) is 28.8. The van der Waals surface area contributed by atoms with Crippen LogP contribution < -0.4 is 0 Å². The summed E-state index contributed by atoms with van der Waals surface area (Å²) >= 11 is 0. The topological polar surface area (TPSA) is 77.3 Å². The summed E-state index contributed by atoms with van der Waals surface area (Å²) in [6, 6.07) is 50.7. The van der Waals surface area contributed by atoms with Crippen LogP contribution in [0.15, 0.2) is 170 Å². The number of benzene rings is 5. The predicted molar refractivity (Wildman–Crippen MR) is 217 cm³/mol. The van der Waals surface area contributed by atoms with Gasteiger partial charge in [-0.3, -0.25) is 9.97 Å². The molecule has 54 heavy (non-hydrogen) atoms. The molecule has 0 spiro atoms. The van der Waals surface area contributed by atoms with Crippen LogP contribution in [-0.2, 0) is 0 Å². The molecule has 0 aliphatic heterocycles. The number of hydrogen-bond donors (Lipinski definition) is 0. The van der Waals surface area contributed by atoms with E-state index in [-0.39, 0.29) is 0 Å². The van der Waals surface area contributed by atoms with E-state index in [9.17, 15) is 0 Å². The molecule has 1 aliphatic carbocycles. The van der Waals surface area contributed by atoms with Gasteiger partial charge in [-0.25, -0.2) is 19.9 Å². The van der Waals surface area contributed by atoms with Crippen LogP contribution in [0.25, 0.3) is 111 Å². The molecular weight excluding hydrogens is 661 g/mol. The van der Waals surface area contributed by atoms with E-state index in [1.165, 1.54) is 33.0 Å². The van der Waals surface area contributed by atoms with Crippen molar-refractivity contribution in [2.24, 2.45) is 0 Å². The molecule has 0 atom stereocenters. The molecule has 0 amide bonds. The third-order valence-electron chi connectivity index (χ3n) is 10.4. The van der Waals surface area contributed by atoms with Crippen LogP contribution in [0.5, 0.6) is 0 Å². The Morgan fingerprint density at radius 3 is 1.63 bits per heavy atom. The van der Waals surface area contributed by atoms with Crippen molar-refractivity contribution in [2.75, 3.05) is 0 Å². The highest BCUT2D eigenvalue weighted by Gasteiger charge is 2.22. The summed E-state index contributed by atoms with van der Waals surface area (Å²) in [5.74, 6) is 0.635. The fourth-order valence-electron chi connectivity index (χ4n) is 7.74. The third kappa shape index (κ3) is 4.96. The monoisotopic (exact) mass is 688 g/mol. The summed E-state index contributed by atoms with van der Waals surface area (Å²) in [6.07, 6.45) is 7.14. The lowest BCUT2D eigenvalue weighted by Gasteiger charge is -2.11. The Hall–Kier alpha value is -7.44. The van der Waals surface area contributed by atoms with Crippen molar-refractivity contribution >= 4 is 32.6 Å². The smallest absolute Gasteiger partial charge is 0.160 e. The highest BCUT2D eigenvalue weighted by Crippen LogP contribution is 2.48. The standard InChI is InChI=1S/C48H28N6/c1-4-31-5-2-8-39-40-26-35(15-18-37(40)38(7-1)45(31)39)42-20-17-33-12-11-32-16-19-41(51-46(32)47(33)52-42)29-9-13-34(14-10-29)48-53-43(30-21-24-49-25-22-30)27-44(54-48)36-6-3-23-50-28-36/h1-28H. The Labute approximate surface area is 310 Å². The second-order valence-corrected chi connectivity index (χ2v) is 13.6. The zero-order valence-electron chi connectivity index (χ0n) is 28.8. The lowest BCUT2D eigenvalue weighted by Crippen LogP contribution is -1.96. The fourth-order valence-corrected chi connectivity index (χ4v) is 7.74. The van der Waals surface area contributed by atoms with E-state index in [1.807, 2.05) is 36.5 Å². The summed E-state index contributed by atoms with van der Waals surface area (Å²) in [6.45, 7) is 0. The molecule has 1 aliphatic rings. The molecule has 5 aromatic heterocycles. The fraction of sp³-hybridized carbons (Fsp3) is 0. The van der Waals surface area contributed by atoms with Crippen LogP contribution in [-0.4, -0.2) is 29.9 Å². The number of hydrogen-bond acceptors (Lipinski definition) is 6. The van der Waals surface area contributed by atoms with Crippen molar-refractivity contribution in [3.05, 3.63) is 170 Å². The molecule has 0 bridgehead atoms. The van der Waals surface area contributed by atoms with Crippen molar-refractivity contribution in [1.82, 2.24) is 29.9 Å². The van der Waals surface area contributed by atoms with Gasteiger partial charge in [0.25, 0.3) is 0 Å². The Balaban J connectivity index is 0.968. The molecule has 0 fully saturated rings. The maximum Gasteiger partial charge on any atom is 0.160 e. The molecular formula is C48H28N6. The normalized spacial score (nSPS) is 11.7. The van der Waals surface area contributed by atoms with E-state index >= 15 is 0 Å². The first-order valence-corrected chi connectivity index (χ1v) is 17.9. The number of nitrogens with zero attached hydrogens (tertiary/aromatic N) is 6. The second-order valence-electron chi connectivity index (χ2n) is 13.6. The highest BCUT2D eigenvalue weighted by atomic mass is 14.9. The number of aromatic nitrogens is 6. The quantitative estimate of drug-likeness (QED) is 0.168. The van der Waals surface area contributed by atoms with Crippen LogP contribution in [0, 0.1) is 0 Å². The van der Waals surface area contributed by atoms with Crippen molar-refractivity contribution in [3.63, 3.8) is 0 Å². The molecule has 0 N–H and O–H groups in total. The van der Waals surface area contributed by atoms with Gasteiger partial charge in [0.05, 0.1) is 33.8 Å². The Morgan fingerprint density at radius 2 is 0.926 bits per heavy atom. The lowest BCUT2D eigenvalue weighted by molar-refractivity contribution is 1.17. The SMILES string of the molecule is c1cncc(-c2cc(-c3ccncc3)nc(-c3ccc(-c4ccc5ccc6ccc(-c7ccc8c(c7)-c7cccc9cccc-8c79)nc6c5n4)cc3)n2)c1. The van der Waals surface area contributed by atoms with Gasteiger partial charge in [0, 0.05) is 63.4 Å². The van der Waals surface area contributed by atoms with Crippen molar-refractivity contribution in [3.8, 4) is 78.7 Å². The summed E-state index contributed by atoms with van der Waals surface area (Å²) in [5.41, 5.74) is 15.2. The molecule has 11 rings (SSSR count). The first-order valence-electron chi connectivity index (χ1n) is 17.9. The van der Waals surface area contributed by atoms with Crippen LogP contribution in [0.4, 0.5) is 0 Å². The molecule has 250 valence electrons. The summed E-state index contributed by atoms with van der Waals surface area (Å²) < 4.78 is 0. The zero-order chi connectivity index (χ0) is 35.6.